The van der Waals surface area contributed by atoms with Crippen molar-refractivity contribution in [2.24, 2.45) is 0 Å². The summed E-state index contributed by atoms with van der Waals surface area (Å²) in [7, 11) is 0. The molecule has 0 amide bonds. The molecule has 0 radical (unpaired) electrons. The van der Waals surface area contributed by atoms with Crippen molar-refractivity contribution in [1.82, 2.24) is 0 Å². The van der Waals surface area contributed by atoms with Gasteiger partial charge in [0.25, 0.3) is 0 Å². The molecule has 1 rings (SSSR count). The van der Waals surface area contributed by atoms with E-state index in [1.54, 1.807) is 0 Å². The van der Waals surface area contributed by atoms with Gasteiger partial charge in [0.05, 0.1) is 5.56 Å². The van der Waals surface area contributed by atoms with E-state index in [4.69, 9.17) is 20.4 Å². The zero-order valence-electron chi connectivity index (χ0n) is 5.85. The van der Waals surface area contributed by atoms with Crippen LogP contribution < -0.4 is 0 Å². The van der Waals surface area contributed by atoms with Crippen LogP contribution in [-0.2, 0) is 0 Å². The van der Waals surface area contributed by atoms with E-state index in [1.807, 2.05) is 0 Å². The van der Waals surface area contributed by atoms with Crippen molar-refractivity contribution >= 4 is 42.2 Å². The fourth-order valence-electron chi connectivity index (χ4n) is 0.728. The zero-order chi connectivity index (χ0) is 9.30. The molecule has 0 fully saturated rings. The molecule has 0 saturated heterocycles. The van der Waals surface area contributed by atoms with Crippen LogP contribution in [-0.4, -0.2) is 62.6 Å². The molecule has 72 valence electrons. The maximum absolute atomic E-state index is 10.3. The SMILES string of the molecule is O=C(O)c1cc(O)c(O)c(O)c1.[AlH3].[LiH]. The van der Waals surface area contributed by atoms with Crippen LogP contribution in [0.2, 0.25) is 0 Å². The van der Waals surface area contributed by atoms with Crippen LogP contribution >= 0.6 is 0 Å². The first kappa shape index (κ1) is 15.7. The number of hydrogen-bond acceptors (Lipinski definition) is 4. The Morgan fingerprint density at radius 3 is 1.71 bits per heavy atom. The molecule has 0 aliphatic heterocycles. The van der Waals surface area contributed by atoms with E-state index in [0.29, 0.717) is 0 Å². The fraction of sp³-hybridized carbons (Fsp3) is 0. The van der Waals surface area contributed by atoms with Crippen molar-refractivity contribution in [1.29, 1.82) is 0 Å². The first-order valence-corrected chi connectivity index (χ1v) is 3.00. The quantitative estimate of drug-likeness (QED) is 0.338. The van der Waals surface area contributed by atoms with Gasteiger partial charge in [-0.1, -0.05) is 0 Å². The molecular formula is C7H10AlLiO5. The van der Waals surface area contributed by atoms with Crippen LogP contribution in [0.3, 0.4) is 0 Å². The van der Waals surface area contributed by atoms with Gasteiger partial charge in [-0.3, -0.25) is 0 Å². The van der Waals surface area contributed by atoms with E-state index >= 15 is 0 Å². The standard InChI is InChI=1S/C7H6O5.Al.Li.4H/c8-4-1-3(7(11)12)2-5(9)6(4)10;;;;;;/h1-2,8-10H,(H,11,12);;;;;;. The van der Waals surface area contributed by atoms with Crippen LogP contribution in [0.4, 0.5) is 0 Å². The summed E-state index contributed by atoms with van der Waals surface area (Å²) in [6.07, 6.45) is 0. The summed E-state index contributed by atoms with van der Waals surface area (Å²) in [5, 5.41) is 35.0. The number of carboxylic acid groups (broad SMARTS) is 1. The molecule has 0 saturated carbocycles. The van der Waals surface area contributed by atoms with Gasteiger partial charge in [-0.2, -0.15) is 0 Å². The van der Waals surface area contributed by atoms with E-state index in [-0.39, 0.29) is 41.8 Å². The maximum atomic E-state index is 10.3. The number of benzene rings is 1. The molecule has 1 aromatic rings. The zero-order valence-corrected chi connectivity index (χ0v) is 5.85. The summed E-state index contributed by atoms with van der Waals surface area (Å²) >= 11 is 0. The second kappa shape index (κ2) is 5.85. The third-order valence-corrected chi connectivity index (χ3v) is 1.32. The van der Waals surface area contributed by atoms with Gasteiger partial charge >= 0.3 is 24.8 Å². The topological polar surface area (TPSA) is 98.0 Å². The summed E-state index contributed by atoms with van der Waals surface area (Å²) in [4.78, 5) is 10.3. The Kier molecular flexibility index (Phi) is 6.55. The van der Waals surface area contributed by atoms with E-state index in [1.165, 1.54) is 0 Å². The Morgan fingerprint density at radius 1 is 1.07 bits per heavy atom. The van der Waals surface area contributed by atoms with Crippen molar-refractivity contribution in [3.05, 3.63) is 17.7 Å². The van der Waals surface area contributed by atoms with Crippen LogP contribution in [0.5, 0.6) is 17.2 Å². The van der Waals surface area contributed by atoms with Crippen LogP contribution in [0.15, 0.2) is 12.1 Å². The monoisotopic (exact) mass is 208 g/mol. The molecule has 0 aromatic heterocycles. The van der Waals surface area contributed by atoms with Gasteiger partial charge in [-0.15, -0.1) is 0 Å². The Morgan fingerprint density at radius 2 is 1.43 bits per heavy atom. The van der Waals surface area contributed by atoms with E-state index in [2.05, 4.69) is 0 Å². The average Bonchev–Trinajstić information content (AvgIpc) is 1.99. The molecule has 0 bridgehead atoms. The molecule has 0 aliphatic carbocycles. The van der Waals surface area contributed by atoms with Gasteiger partial charge < -0.3 is 20.4 Å². The third-order valence-electron chi connectivity index (χ3n) is 1.32. The molecule has 5 nitrogen and oxygen atoms in total. The number of carbonyl (C=O) groups is 1. The first-order valence-electron chi connectivity index (χ1n) is 3.00. The van der Waals surface area contributed by atoms with Gasteiger partial charge in [0.15, 0.2) is 34.6 Å². The average molecular weight is 208 g/mol. The Labute approximate surface area is 102 Å². The number of phenolic OH excluding ortho intramolecular Hbond substituents is 3. The number of rotatable bonds is 1. The third kappa shape index (κ3) is 3.17. The summed E-state index contributed by atoms with van der Waals surface area (Å²) in [6.45, 7) is 0. The van der Waals surface area contributed by atoms with Crippen LogP contribution in [0.25, 0.3) is 0 Å². The number of phenols is 3. The van der Waals surface area contributed by atoms with Gasteiger partial charge in [0.1, 0.15) is 0 Å². The summed E-state index contributed by atoms with van der Waals surface area (Å²) < 4.78 is 0. The fourth-order valence-corrected chi connectivity index (χ4v) is 0.728. The Balaban J connectivity index is 0. The Hall–Kier alpha value is -0.780. The van der Waals surface area contributed by atoms with Gasteiger partial charge in [-0.05, 0) is 12.1 Å². The molecular weight excluding hydrogens is 198 g/mol. The van der Waals surface area contributed by atoms with E-state index < -0.39 is 23.2 Å². The first-order chi connectivity index (χ1) is 5.52. The molecule has 14 heavy (non-hydrogen) atoms. The number of aromatic carboxylic acids is 1. The minimum atomic E-state index is -1.29. The molecule has 0 atom stereocenters. The van der Waals surface area contributed by atoms with Crippen LogP contribution in [0.1, 0.15) is 10.4 Å². The van der Waals surface area contributed by atoms with Crippen molar-refractivity contribution in [3.63, 3.8) is 0 Å². The van der Waals surface area contributed by atoms with Crippen LogP contribution in [0, 0.1) is 0 Å². The minimum absolute atomic E-state index is 0. The molecule has 7 heteroatoms. The van der Waals surface area contributed by atoms with Gasteiger partial charge in [0.2, 0.25) is 0 Å². The number of aromatic hydroxyl groups is 3. The second-order valence-electron chi connectivity index (χ2n) is 2.17. The molecule has 0 aliphatic rings. The Bertz CT molecular complexity index is 318. The predicted octanol–water partition coefficient (Wildman–Crippen LogP) is -1.33. The molecule has 0 unspecified atom stereocenters. The number of carboxylic acids is 1. The summed E-state index contributed by atoms with van der Waals surface area (Å²) in [5.41, 5.74) is -0.289. The predicted molar refractivity (Wildman–Crippen MR) is 55.5 cm³/mol. The second-order valence-corrected chi connectivity index (χ2v) is 2.17. The normalized spacial score (nSPS) is 8.29. The summed E-state index contributed by atoms with van der Waals surface area (Å²) in [5.74, 6) is -3.33. The van der Waals surface area contributed by atoms with E-state index in [9.17, 15) is 4.79 Å². The van der Waals surface area contributed by atoms with Crippen molar-refractivity contribution in [3.8, 4) is 17.2 Å². The van der Waals surface area contributed by atoms with Crippen molar-refractivity contribution in [2.75, 3.05) is 0 Å². The number of hydrogen-bond donors (Lipinski definition) is 4. The molecule has 4 N–H and O–H groups in total. The van der Waals surface area contributed by atoms with Crippen molar-refractivity contribution in [2.45, 2.75) is 0 Å². The molecule has 0 spiro atoms. The molecule has 0 heterocycles. The summed E-state index contributed by atoms with van der Waals surface area (Å²) in [6, 6.07) is 1.69. The molecule has 1 aromatic carbocycles. The van der Waals surface area contributed by atoms with E-state index in [0.717, 1.165) is 12.1 Å². The van der Waals surface area contributed by atoms with Gasteiger partial charge in [-0.25, -0.2) is 4.79 Å². The van der Waals surface area contributed by atoms with Crippen molar-refractivity contribution < 1.29 is 25.2 Å². The van der Waals surface area contributed by atoms with Gasteiger partial charge in [0, 0.05) is 0 Å².